The highest BCUT2D eigenvalue weighted by molar-refractivity contribution is 6.31. The van der Waals surface area contributed by atoms with Crippen LogP contribution in [0.2, 0.25) is 10.0 Å². The van der Waals surface area contributed by atoms with E-state index < -0.39 is 23.7 Å². The molecule has 0 radical (unpaired) electrons. The van der Waals surface area contributed by atoms with E-state index in [0.29, 0.717) is 21.1 Å². The van der Waals surface area contributed by atoms with E-state index in [1.807, 2.05) is 0 Å². The van der Waals surface area contributed by atoms with Gasteiger partial charge in [0.15, 0.2) is 11.4 Å². The van der Waals surface area contributed by atoms with Crippen molar-refractivity contribution in [1.29, 1.82) is 0 Å². The van der Waals surface area contributed by atoms with Crippen LogP contribution in [0.3, 0.4) is 0 Å². The van der Waals surface area contributed by atoms with Gasteiger partial charge in [0.05, 0.1) is 11.9 Å². The van der Waals surface area contributed by atoms with E-state index in [9.17, 15) is 18.0 Å². The third kappa shape index (κ3) is 5.21. The van der Waals surface area contributed by atoms with Crippen molar-refractivity contribution in [3.05, 3.63) is 76.0 Å². The monoisotopic (exact) mass is 443 g/mol. The fourth-order valence-corrected chi connectivity index (χ4v) is 2.94. The second-order valence-corrected chi connectivity index (χ2v) is 6.74. The van der Waals surface area contributed by atoms with Crippen LogP contribution in [0.4, 0.5) is 18.0 Å². The van der Waals surface area contributed by atoms with Crippen molar-refractivity contribution in [2.75, 3.05) is 6.54 Å². The summed E-state index contributed by atoms with van der Waals surface area (Å²) in [5.41, 5.74) is -0.294. The van der Waals surface area contributed by atoms with Crippen LogP contribution in [0.1, 0.15) is 11.3 Å². The average Bonchev–Trinajstić information content (AvgIpc) is 3.08. The van der Waals surface area contributed by atoms with Gasteiger partial charge in [0.25, 0.3) is 0 Å². The third-order valence-electron chi connectivity index (χ3n) is 3.90. The SMILES string of the molecule is O=C(NCCc1ccccc1Cl)Oc1cnn(-c2ccc(Cl)cc2)c1C(F)(F)F. The first-order valence-electron chi connectivity index (χ1n) is 8.36. The Bertz CT molecular complexity index is 1000. The number of hydrogen-bond donors (Lipinski definition) is 1. The number of aromatic nitrogens is 2. The smallest absolute Gasteiger partial charge is 0.406 e. The van der Waals surface area contributed by atoms with Gasteiger partial charge in [-0.05, 0) is 42.3 Å². The Balaban J connectivity index is 1.72. The summed E-state index contributed by atoms with van der Waals surface area (Å²) in [4.78, 5) is 12.0. The van der Waals surface area contributed by atoms with Crippen molar-refractivity contribution in [2.24, 2.45) is 0 Å². The van der Waals surface area contributed by atoms with E-state index in [-0.39, 0.29) is 12.2 Å². The summed E-state index contributed by atoms with van der Waals surface area (Å²) in [7, 11) is 0. The lowest BCUT2D eigenvalue weighted by Gasteiger charge is -2.13. The summed E-state index contributed by atoms with van der Waals surface area (Å²) in [5.74, 6) is -0.706. The molecule has 1 aromatic heterocycles. The quantitative estimate of drug-likeness (QED) is 0.563. The zero-order chi connectivity index (χ0) is 21.0. The minimum absolute atomic E-state index is 0.121. The van der Waals surface area contributed by atoms with Crippen molar-refractivity contribution < 1.29 is 22.7 Å². The Labute approximate surface area is 174 Å². The van der Waals surface area contributed by atoms with Crippen LogP contribution in [0.5, 0.6) is 5.75 Å². The zero-order valence-corrected chi connectivity index (χ0v) is 16.2. The fourth-order valence-electron chi connectivity index (χ4n) is 2.58. The standard InChI is InChI=1S/C19H14Cl2F3N3O2/c20-13-5-7-14(8-6-13)27-17(19(22,23)24)16(11-26-27)29-18(28)25-10-9-12-3-1-2-4-15(12)21/h1-8,11H,9-10H2,(H,25,28). The molecule has 0 aliphatic rings. The van der Waals surface area contributed by atoms with E-state index >= 15 is 0 Å². The van der Waals surface area contributed by atoms with Crippen molar-refractivity contribution in [3.63, 3.8) is 0 Å². The fraction of sp³-hybridized carbons (Fsp3) is 0.158. The molecule has 10 heteroatoms. The van der Waals surface area contributed by atoms with E-state index in [1.165, 1.54) is 24.3 Å². The summed E-state index contributed by atoms with van der Waals surface area (Å²) in [6, 6.07) is 12.7. The lowest BCUT2D eigenvalue weighted by Crippen LogP contribution is -2.29. The molecule has 0 aliphatic carbocycles. The molecule has 29 heavy (non-hydrogen) atoms. The first-order chi connectivity index (χ1) is 13.8. The summed E-state index contributed by atoms with van der Waals surface area (Å²) in [5, 5.41) is 7.00. The Morgan fingerprint density at radius 3 is 2.45 bits per heavy atom. The Hall–Kier alpha value is -2.71. The molecule has 0 spiro atoms. The van der Waals surface area contributed by atoms with Crippen LogP contribution >= 0.6 is 23.2 Å². The molecule has 0 fully saturated rings. The number of alkyl halides is 3. The van der Waals surface area contributed by atoms with Gasteiger partial charge in [0.1, 0.15) is 0 Å². The molecule has 1 N–H and O–H groups in total. The van der Waals surface area contributed by atoms with Crippen LogP contribution in [0.15, 0.2) is 54.7 Å². The van der Waals surface area contributed by atoms with Crippen LogP contribution < -0.4 is 10.1 Å². The highest BCUT2D eigenvalue weighted by Crippen LogP contribution is 2.37. The molecule has 0 saturated heterocycles. The number of benzene rings is 2. The largest absolute Gasteiger partial charge is 0.437 e. The average molecular weight is 444 g/mol. The maximum absolute atomic E-state index is 13.6. The zero-order valence-electron chi connectivity index (χ0n) is 14.7. The van der Waals surface area contributed by atoms with Crippen molar-refractivity contribution in [2.45, 2.75) is 12.6 Å². The molecule has 0 unspecified atom stereocenters. The van der Waals surface area contributed by atoms with Gasteiger partial charge in [-0.2, -0.15) is 18.3 Å². The Morgan fingerprint density at radius 2 is 1.79 bits per heavy atom. The van der Waals surface area contributed by atoms with Gasteiger partial charge in [-0.15, -0.1) is 0 Å². The summed E-state index contributed by atoms with van der Waals surface area (Å²) < 4.78 is 46.2. The van der Waals surface area contributed by atoms with Crippen LogP contribution in [0.25, 0.3) is 5.69 Å². The summed E-state index contributed by atoms with van der Waals surface area (Å²) >= 11 is 11.8. The highest BCUT2D eigenvalue weighted by Gasteiger charge is 2.40. The molecular weight excluding hydrogens is 430 g/mol. The molecule has 1 amide bonds. The van der Waals surface area contributed by atoms with Gasteiger partial charge in [0, 0.05) is 16.6 Å². The predicted molar refractivity (Wildman–Crippen MR) is 103 cm³/mol. The Kier molecular flexibility index (Phi) is 6.34. The van der Waals surface area contributed by atoms with Crippen LogP contribution in [-0.2, 0) is 12.6 Å². The van der Waals surface area contributed by atoms with Crippen molar-refractivity contribution in [3.8, 4) is 11.4 Å². The molecule has 0 saturated carbocycles. The minimum Gasteiger partial charge on any atom is -0.406 e. The molecule has 152 valence electrons. The number of nitrogens with zero attached hydrogens (tertiary/aromatic N) is 2. The molecule has 2 aromatic carbocycles. The molecule has 1 heterocycles. The third-order valence-corrected chi connectivity index (χ3v) is 4.52. The number of carbonyl (C=O) groups excluding carboxylic acids is 1. The second-order valence-electron chi connectivity index (χ2n) is 5.90. The number of ether oxygens (including phenoxy) is 1. The van der Waals surface area contributed by atoms with Gasteiger partial charge >= 0.3 is 12.3 Å². The van der Waals surface area contributed by atoms with E-state index in [2.05, 4.69) is 10.4 Å². The van der Waals surface area contributed by atoms with Crippen molar-refractivity contribution >= 4 is 29.3 Å². The molecule has 0 bridgehead atoms. The van der Waals surface area contributed by atoms with E-state index in [4.69, 9.17) is 27.9 Å². The van der Waals surface area contributed by atoms with E-state index in [1.54, 1.807) is 24.3 Å². The maximum Gasteiger partial charge on any atom is 0.437 e. The van der Waals surface area contributed by atoms with Gasteiger partial charge in [-0.1, -0.05) is 41.4 Å². The Morgan fingerprint density at radius 1 is 1.10 bits per heavy atom. The number of hydrogen-bond acceptors (Lipinski definition) is 3. The summed E-state index contributed by atoms with van der Waals surface area (Å²) in [6.07, 6.45) is -4.60. The van der Waals surface area contributed by atoms with Crippen LogP contribution in [-0.4, -0.2) is 22.4 Å². The highest BCUT2D eigenvalue weighted by atomic mass is 35.5. The van der Waals surface area contributed by atoms with Gasteiger partial charge < -0.3 is 10.1 Å². The maximum atomic E-state index is 13.6. The topological polar surface area (TPSA) is 56.1 Å². The van der Waals surface area contributed by atoms with Gasteiger partial charge in [-0.25, -0.2) is 9.48 Å². The molecule has 3 rings (SSSR count). The number of amides is 1. The van der Waals surface area contributed by atoms with Crippen LogP contribution in [0, 0.1) is 0 Å². The lowest BCUT2D eigenvalue weighted by molar-refractivity contribution is -0.143. The molecule has 5 nitrogen and oxygen atoms in total. The molecule has 0 atom stereocenters. The number of rotatable bonds is 5. The normalized spacial score (nSPS) is 11.3. The minimum atomic E-state index is -4.80. The molecule has 0 aliphatic heterocycles. The number of carbonyl (C=O) groups is 1. The first kappa shape index (κ1) is 21.0. The summed E-state index contributed by atoms with van der Waals surface area (Å²) in [6.45, 7) is 0.134. The number of nitrogens with one attached hydrogen (secondary N) is 1. The van der Waals surface area contributed by atoms with Gasteiger partial charge in [0.2, 0.25) is 0 Å². The number of halogens is 5. The predicted octanol–water partition coefficient (Wildman–Crippen LogP) is 5.53. The second kappa shape index (κ2) is 8.75. The van der Waals surface area contributed by atoms with Crippen molar-refractivity contribution in [1.82, 2.24) is 15.1 Å². The van der Waals surface area contributed by atoms with Gasteiger partial charge in [-0.3, -0.25) is 0 Å². The first-order valence-corrected chi connectivity index (χ1v) is 9.11. The molecule has 3 aromatic rings. The molecular formula is C19H14Cl2F3N3O2. The lowest BCUT2D eigenvalue weighted by atomic mass is 10.1. The van der Waals surface area contributed by atoms with E-state index in [0.717, 1.165) is 11.8 Å².